The van der Waals surface area contributed by atoms with Crippen molar-refractivity contribution in [3.8, 4) is 5.75 Å². The summed E-state index contributed by atoms with van der Waals surface area (Å²) in [5.41, 5.74) is 0.198. The fourth-order valence-electron chi connectivity index (χ4n) is 4.45. The zero-order valence-electron chi connectivity index (χ0n) is 17.1. The summed E-state index contributed by atoms with van der Waals surface area (Å²) in [6.07, 6.45) is 6.92. The van der Waals surface area contributed by atoms with Gasteiger partial charge in [0.05, 0.1) is 6.61 Å². The molecular formula is C23H30FNO4. The highest BCUT2D eigenvalue weighted by Gasteiger charge is 2.45. The number of benzene rings is 1. The lowest BCUT2D eigenvalue weighted by Gasteiger charge is -2.32. The lowest BCUT2D eigenvalue weighted by Crippen LogP contribution is -2.40. The van der Waals surface area contributed by atoms with Crippen molar-refractivity contribution in [3.05, 3.63) is 29.6 Å². The molecule has 2 unspecified atom stereocenters. The smallest absolute Gasteiger partial charge is 0.410 e. The Morgan fingerprint density at radius 3 is 2.72 bits per heavy atom. The van der Waals surface area contributed by atoms with Gasteiger partial charge in [-0.25, -0.2) is 9.18 Å². The van der Waals surface area contributed by atoms with E-state index in [4.69, 9.17) is 9.47 Å². The number of ether oxygens (including phenoxy) is 2. The van der Waals surface area contributed by atoms with Crippen molar-refractivity contribution in [1.29, 1.82) is 0 Å². The van der Waals surface area contributed by atoms with Gasteiger partial charge in [-0.2, -0.15) is 0 Å². The number of likely N-dealkylation sites (tertiary alicyclic amines) is 1. The Balaban J connectivity index is 1.14. The molecule has 2 saturated carbocycles. The molecule has 1 aliphatic heterocycles. The van der Waals surface area contributed by atoms with Crippen molar-refractivity contribution in [2.75, 3.05) is 19.7 Å². The molecule has 3 fully saturated rings. The highest BCUT2D eigenvalue weighted by molar-refractivity contribution is 5.68. The molecule has 0 N–H and O–H groups in total. The van der Waals surface area contributed by atoms with Gasteiger partial charge in [-0.3, -0.25) is 0 Å². The summed E-state index contributed by atoms with van der Waals surface area (Å²) < 4.78 is 25.1. The second-order valence-corrected chi connectivity index (χ2v) is 9.06. The van der Waals surface area contributed by atoms with Gasteiger partial charge in [0.2, 0.25) is 0 Å². The first-order valence-electron chi connectivity index (χ1n) is 10.8. The molecule has 1 aromatic rings. The first-order chi connectivity index (χ1) is 14.0. The lowest BCUT2D eigenvalue weighted by atomic mass is 9.91. The minimum absolute atomic E-state index is 0.0890. The van der Waals surface area contributed by atoms with E-state index in [-0.39, 0.29) is 23.9 Å². The van der Waals surface area contributed by atoms with Gasteiger partial charge in [0.25, 0.3) is 0 Å². The molecule has 2 atom stereocenters. The van der Waals surface area contributed by atoms with Crippen molar-refractivity contribution in [2.45, 2.75) is 57.5 Å². The van der Waals surface area contributed by atoms with Crippen LogP contribution in [0.5, 0.6) is 5.75 Å². The number of amides is 1. The Morgan fingerprint density at radius 1 is 1.31 bits per heavy atom. The maximum Gasteiger partial charge on any atom is 0.410 e. The van der Waals surface area contributed by atoms with Gasteiger partial charge in [0, 0.05) is 25.6 Å². The van der Waals surface area contributed by atoms with Crippen molar-refractivity contribution in [1.82, 2.24) is 4.90 Å². The van der Waals surface area contributed by atoms with Gasteiger partial charge in [-0.1, -0.05) is 6.07 Å². The number of nitrogens with zero attached hydrogens (tertiary/aromatic N) is 1. The molecule has 0 aromatic heterocycles. The molecule has 3 aliphatic rings. The maximum atomic E-state index is 13.8. The number of hydrogen-bond acceptors (Lipinski definition) is 4. The maximum absolute atomic E-state index is 13.8. The largest absolute Gasteiger partial charge is 0.493 e. The molecule has 6 heteroatoms. The number of carbonyl (C=O) groups excluding carboxylic acids is 2. The SMILES string of the molecule is CC1(OC(=O)N2CCC(C3CC3CCOc3ccc(CC=O)c(F)c3)CC2)CC1. The molecule has 0 bridgehead atoms. The van der Waals surface area contributed by atoms with Crippen LogP contribution in [0.15, 0.2) is 18.2 Å². The lowest BCUT2D eigenvalue weighted by molar-refractivity contribution is -0.107. The summed E-state index contributed by atoms with van der Waals surface area (Å²) in [4.78, 5) is 24.6. The van der Waals surface area contributed by atoms with Crippen LogP contribution < -0.4 is 4.74 Å². The van der Waals surface area contributed by atoms with Gasteiger partial charge >= 0.3 is 6.09 Å². The van der Waals surface area contributed by atoms with E-state index in [0.717, 1.165) is 51.1 Å². The molecule has 4 rings (SSSR count). The minimum Gasteiger partial charge on any atom is -0.493 e. The average Bonchev–Trinajstić information content (AvgIpc) is 3.62. The normalized spacial score (nSPS) is 25.4. The topological polar surface area (TPSA) is 55.8 Å². The minimum atomic E-state index is -0.389. The Labute approximate surface area is 171 Å². The van der Waals surface area contributed by atoms with Crippen LogP contribution in [0.25, 0.3) is 0 Å². The molecule has 0 radical (unpaired) electrons. The number of carbonyl (C=O) groups is 2. The Morgan fingerprint density at radius 2 is 2.07 bits per heavy atom. The van der Waals surface area contributed by atoms with E-state index < -0.39 is 0 Å². The number of halogens is 1. The third-order valence-electron chi connectivity index (χ3n) is 6.75. The second kappa shape index (κ2) is 8.33. The molecule has 29 heavy (non-hydrogen) atoms. The van der Waals surface area contributed by atoms with Crippen LogP contribution in [-0.2, 0) is 16.0 Å². The van der Waals surface area contributed by atoms with Crippen molar-refractivity contribution in [3.63, 3.8) is 0 Å². The summed E-state index contributed by atoms with van der Waals surface area (Å²) in [7, 11) is 0. The van der Waals surface area contributed by atoms with E-state index in [0.29, 0.717) is 36.0 Å². The second-order valence-electron chi connectivity index (χ2n) is 9.06. The number of hydrogen-bond donors (Lipinski definition) is 0. The van der Waals surface area contributed by atoms with Crippen LogP contribution in [-0.4, -0.2) is 42.6 Å². The summed E-state index contributed by atoms with van der Waals surface area (Å²) in [5.74, 6) is 2.21. The van der Waals surface area contributed by atoms with Crippen molar-refractivity contribution < 1.29 is 23.5 Å². The van der Waals surface area contributed by atoms with E-state index in [9.17, 15) is 14.0 Å². The first-order valence-corrected chi connectivity index (χ1v) is 10.8. The van der Waals surface area contributed by atoms with Gasteiger partial charge in [0.15, 0.2) is 0 Å². The Hall–Kier alpha value is -2.11. The Bertz CT molecular complexity index is 755. The summed E-state index contributed by atoms with van der Waals surface area (Å²) in [6.45, 7) is 4.18. The van der Waals surface area contributed by atoms with E-state index in [1.54, 1.807) is 12.1 Å². The van der Waals surface area contributed by atoms with Crippen LogP contribution in [0, 0.1) is 23.6 Å². The van der Waals surface area contributed by atoms with Gasteiger partial charge in [-0.15, -0.1) is 0 Å². The van der Waals surface area contributed by atoms with Gasteiger partial charge < -0.3 is 19.2 Å². The fourth-order valence-corrected chi connectivity index (χ4v) is 4.45. The van der Waals surface area contributed by atoms with E-state index >= 15 is 0 Å². The molecular weight excluding hydrogens is 373 g/mol. The zero-order valence-corrected chi connectivity index (χ0v) is 17.1. The predicted octanol–water partition coefficient (Wildman–Crippen LogP) is 4.37. The van der Waals surface area contributed by atoms with Crippen LogP contribution in [0.4, 0.5) is 9.18 Å². The molecule has 5 nitrogen and oxygen atoms in total. The van der Waals surface area contributed by atoms with E-state index in [1.165, 1.54) is 12.5 Å². The van der Waals surface area contributed by atoms with Gasteiger partial charge in [0.1, 0.15) is 23.5 Å². The number of rotatable bonds is 8. The van der Waals surface area contributed by atoms with Crippen LogP contribution in [0.1, 0.15) is 51.0 Å². The van der Waals surface area contributed by atoms with Crippen molar-refractivity contribution >= 4 is 12.4 Å². The number of piperidine rings is 1. The first kappa shape index (κ1) is 20.2. The molecule has 1 saturated heterocycles. The number of aldehydes is 1. The standard InChI is InChI=1S/C23H30FNO4/c1-23(8-9-23)29-22(27)25-10-4-16(5-11-25)20-14-18(20)7-13-28-19-3-2-17(6-12-26)21(24)15-19/h2-3,12,15-16,18,20H,4-11,13-14H2,1H3. The zero-order chi connectivity index (χ0) is 20.4. The quantitative estimate of drug-likeness (QED) is 0.605. The monoisotopic (exact) mass is 403 g/mol. The van der Waals surface area contributed by atoms with Crippen molar-refractivity contribution in [2.24, 2.45) is 17.8 Å². The third-order valence-corrected chi connectivity index (χ3v) is 6.75. The molecule has 1 heterocycles. The van der Waals surface area contributed by atoms with E-state index in [1.807, 2.05) is 11.8 Å². The van der Waals surface area contributed by atoms with Gasteiger partial charge in [-0.05, 0) is 74.8 Å². The Kier molecular flexibility index (Phi) is 5.79. The molecule has 2 aliphatic carbocycles. The average molecular weight is 403 g/mol. The highest BCUT2D eigenvalue weighted by Crippen LogP contribution is 2.50. The van der Waals surface area contributed by atoms with E-state index in [2.05, 4.69) is 0 Å². The van der Waals surface area contributed by atoms with Crippen LogP contribution in [0.3, 0.4) is 0 Å². The fraction of sp³-hybridized carbons (Fsp3) is 0.652. The van der Waals surface area contributed by atoms with Crippen LogP contribution >= 0.6 is 0 Å². The summed E-state index contributed by atoms with van der Waals surface area (Å²) in [6, 6.07) is 4.70. The molecule has 0 spiro atoms. The third kappa shape index (κ3) is 5.09. The summed E-state index contributed by atoms with van der Waals surface area (Å²) in [5, 5.41) is 0. The molecule has 1 amide bonds. The molecule has 158 valence electrons. The predicted molar refractivity (Wildman–Crippen MR) is 106 cm³/mol. The van der Waals surface area contributed by atoms with Crippen LogP contribution in [0.2, 0.25) is 0 Å². The highest BCUT2D eigenvalue weighted by atomic mass is 19.1. The summed E-state index contributed by atoms with van der Waals surface area (Å²) >= 11 is 0. The molecule has 1 aromatic carbocycles.